The molecule has 1 aromatic heterocycles. The Morgan fingerprint density at radius 1 is 1.22 bits per heavy atom. The zero-order chi connectivity index (χ0) is 20.1. The van der Waals surface area contributed by atoms with E-state index in [9.17, 15) is 18.4 Å². The SMILES string of the molecule is CCc1[nH]c(C(=O)N(C)Cc2ccc(OC(F)F)cc2)c(C)c1C(=O)OC. The molecule has 0 aliphatic rings. The smallest absolute Gasteiger partial charge is 0.387 e. The standard InChI is InChI=1S/C19H22F2N2O4/c1-5-14-15(18(25)26-4)11(2)16(22-14)17(24)23(3)10-12-6-8-13(9-7-12)27-19(20)21/h6-9,19,22H,5,10H2,1-4H3. The molecule has 0 bridgehead atoms. The number of methoxy groups -OCH3 is 1. The van der Waals surface area contributed by atoms with E-state index in [4.69, 9.17) is 4.74 Å². The maximum absolute atomic E-state index is 12.8. The fourth-order valence-corrected chi connectivity index (χ4v) is 2.83. The normalized spacial score (nSPS) is 10.8. The number of aromatic amines is 1. The molecule has 0 unspecified atom stereocenters. The van der Waals surface area contributed by atoms with Crippen LogP contribution in [0.25, 0.3) is 0 Å². The van der Waals surface area contributed by atoms with Gasteiger partial charge in [-0.25, -0.2) is 4.79 Å². The summed E-state index contributed by atoms with van der Waals surface area (Å²) in [6, 6.07) is 6.06. The Labute approximate surface area is 156 Å². The maximum Gasteiger partial charge on any atom is 0.387 e. The lowest BCUT2D eigenvalue weighted by Gasteiger charge is -2.17. The molecule has 1 N–H and O–H groups in total. The lowest BCUT2D eigenvalue weighted by molar-refractivity contribution is -0.0498. The Balaban J connectivity index is 2.18. The quantitative estimate of drug-likeness (QED) is 0.746. The molecule has 0 saturated carbocycles. The highest BCUT2D eigenvalue weighted by Gasteiger charge is 2.25. The van der Waals surface area contributed by atoms with E-state index in [0.29, 0.717) is 28.9 Å². The molecular formula is C19H22F2N2O4. The van der Waals surface area contributed by atoms with Gasteiger partial charge in [-0.15, -0.1) is 0 Å². The van der Waals surface area contributed by atoms with Crippen molar-refractivity contribution in [2.24, 2.45) is 0 Å². The minimum absolute atomic E-state index is 0.0539. The zero-order valence-corrected chi connectivity index (χ0v) is 15.6. The molecule has 2 aromatic rings. The molecule has 0 saturated heterocycles. The van der Waals surface area contributed by atoms with Crippen molar-refractivity contribution in [3.05, 3.63) is 52.3 Å². The van der Waals surface area contributed by atoms with Crippen LogP contribution in [0.15, 0.2) is 24.3 Å². The molecule has 0 spiro atoms. The van der Waals surface area contributed by atoms with Crippen LogP contribution < -0.4 is 4.74 Å². The van der Waals surface area contributed by atoms with E-state index in [0.717, 1.165) is 5.56 Å². The van der Waals surface area contributed by atoms with Crippen LogP contribution in [0.1, 0.15) is 44.6 Å². The van der Waals surface area contributed by atoms with Crippen LogP contribution in [0.3, 0.4) is 0 Å². The molecule has 1 amide bonds. The minimum Gasteiger partial charge on any atom is -0.465 e. The van der Waals surface area contributed by atoms with Crippen LogP contribution in [-0.4, -0.2) is 42.5 Å². The van der Waals surface area contributed by atoms with Crippen LogP contribution >= 0.6 is 0 Å². The second kappa shape index (κ2) is 8.66. The van der Waals surface area contributed by atoms with Crippen LogP contribution in [0.5, 0.6) is 5.75 Å². The summed E-state index contributed by atoms with van der Waals surface area (Å²) in [6.07, 6.45) is 0.549. The number of amides is 1. The predicted octanol–water partition coefficient (Wildman–Crippen LogP) is 3.55. The van der Waals surface area contributed by atoms with Crippen LogP contribution in [0.2, 0.25) is 0 Å². The van der Waals surface area contributed by atoms with Gasteiger partial charge in [0.2, 0.25) is 0 Å². The van der Waals surface area contributed by atoms with E-state index in [-0.39, 0.29) is 18.2 Å². The number of halogens is 2. The first kappa shape index (κ1) is 20.4. The molecule has 27 heavy (non-hydrogen) atoms. The average Bonchev–Trinajstić information content (AvgIpc) is 2.98. The molecule has 6 nitrogen and oxygen atoms in total. The van der Waals surface area contributed by atoms with Crippen LogP contribution in [-0.2, 0) is 17.7 Å². The zero-order valence-electron chi connectivity index (χ0n) is 15.6. The van der Waals surface area contributed by atoms with Gasteiger partial charge in [0.25, 0.3) is 5.91 Å². The number of nitrogens with one attached hydrogen (secondary N) is 1. The number of alkyl halides is 2. The van der Waals surface area contributed by atoms with Gasteiger partial charge in [0, 0.05) is 19.3 Å². The van der Waals surface area contributed by atoms with Gasteiger partial charge in [-0.2, -0.15) is 8.78 Å². The number of esters is 1. The lowest BCUT2D eigenvalue weighted by atomic mass is 10.1. The van der Waals surface area contributed by atoms with Gasteiger partial charge >= 0.3 is 12.6 Å². The van der Waals surface area contributed by atoms with Crippen molar-refractivity contribution in [1.29, 1.82) is 0 Å². The summed E-state index contributed by atoms with van der Waals surface area (Å²) in [5.74, 6) is -0.722. The van der Waals surface area contributed by atoms with Crippen molar-refractivity contribution >= 4 is 11.9 Å². The molecular weight excluding hydrogens is 358 g/mol. The van der Waals surface area contributed by atoms with Gasteiger partial charge in [-0.05, 0) is 36.6 Å². The van der Waals surface area contributed by atoms with E-state index >= 15 is 0 Å². The first-order valence-electron chi connectivity index (χ1n) is 8.37. The summed E-state index contributed by atoms with van der Waals surface area (Å²) in [4.78, 5) is 29.3. The van der Waals surface area contributed by atoms with Crippen molar-refractivity contribution in [1.82, 2.24) is 9.88 Å². The number of H-pyrrole nitrogens is 1. The van der Waals surface area contributed by atoms with E-state index in [2.05, 4.69) is 9.72 Å². The number of hydrogen-bond donors (Lipinski definition) is 1. The van der Waals surface area contributed by atoms with Gasteiger partial charge in [0.1, 0.15) is 11.4 Å². The second-order valence-electron chi connectivity index (χ2n) is 6.01. The number of carbonyl (C=O) groups excluding carboxylic acids is 2. The van der Waals surface area contributed by atoms with Crippen molar-refractivity contribution in [3.8, 4) is 5.75 Å². The first-order chi connectivity index (χ1) is 12.8. The molecule has 0 atom stereocenters. The number of rotatable bonds is 7. The Morgan fingerprint density at radius 3 is 2.37 bits per heavy atom. The molecule has 0 fully saturated rings. The fraction of sp³-hybridized carbons (Fsp3) is 0.368. The Hall–Kier alpha value is -2.90. The summed E-state index contributed by atoms with van der Waals surface area (Å²) in [5.41, 5.74) is 2.64. The van der Waals surface area contributed by atoms with Gasteiger partial charge in [0.05, 0.1) is 12.7 Å². The second-order valence-corrected chi connectivity index (χ2v) is 6.01. The summed E-state index contributed by atoms with van der Waals surface area (Å²) in [7, 11) is 2.92. The summed E-state index contributed by atoms with van der Waals surface area (Å²) >= 11 is 0. The number of aryl methyl sites for hydroxylation is 1. The fourth-order valence-electron chi connectivity index (χ4n) is 2.83. The van der Waals surface area contributed by atoms with E-state index in [1.807, 2.05) is 6.92 Å². The first-order valence-corrected chi connectivity index (χ1v) is 8.37. The van der Waals surface area contributed by atoms with Crippen LogP contribution in [0.4, 0.5) is 8.78 Å². The highest BCUT2D eigenvalue weighted by molar-refractivity contribution is 6.00. The minimum atomic E-state index is -2.88. The Kier molecular flexibility index (Phi) is 6.55. The van der Waals surface area contributed by atoms with E-state index in [1.165, 1.54) is 24.1 Å². The molecule has 0 aliphatic carbocycles. The summed E-state index contributed by atoms with van der Waals surface area (Å²) in [5, 5.41) is 0. The van der Waals surface area contributed by atoms with E-state index in [1.54, 1.807) is 26.1 Å². The molecule has 0 radical (unpaired) electrons. The highest BCUT2D eigenvalue weighted by Crippen LogP contribution is 2.22. The monoisotopic (exact) mass is 380 g/mol. The highest BCUT2D eigenvalue weighted by atomic mass is 19.3. The van der Waals surface area contributed by atoms with Crippen molar-refractivity contribution in [3.63, 3.8) is 0 Å². The molecule has 1 aromatic carbocycles. The Bertz CT molecular complexity index is 816. The summed E-state index contributed by atoms with van der Waals surface area (Å²) in [6.45, 7) is 0.951. The molecule has 1 heterocycles. The topological polar surface area (TPSA) is 71.6 Å². The van der Waals surface area contributed by atoms with Gasteiger partial charge < -0.3 is 19.4 Å². The van der Waals surface area contributed by atoms with Gasteiger partial charge in [-0.1, -0.05) is 19.1 Å². The molecule has 2 rings (SSSR count). The van der Waals surface area contributed by atoms with Crippen molar-refractivity contribution in [2.75, 3.05) is 14.2 Å². The third kappa shape index (κ3) is 4.64. The molecule has 8 heteroatoms. The Morgan fingerprint density at radius 2 is 1.85 bits per heavy atom. The largest absolute Gasteiger partial charge is 0.465 e. The predicted molar refractivity (Wildman–Crippen MR) is 95.1 cm³/mol. The number of carbonyl (C=O) groups is 2. The van der Waals surface area contributed by atoms with Gasteiger partial charge in [0.15, 0.2) is 0 Å². The number of nitrogens with zero attached hydrogens (tertiary/aromatic N) is 1. The lowest BCUT2D eigenvalue weighted by Crippen LogP contribution is -2.27. The van der Waals surface area contributed by atoms with Crippen molar-refractivity contribution < 1.29 is 27.8 Å². The third-order valence-corrected chi connectivity index (χ3v) is 4.20. The molecule has 0 aliphatic heterocycles. The molecule has 146 valence electrons. The third-order valence-electron chi connectivity index (χ3n) is 4.20. The average molecular weight is 380 g/mol. The summed E-state index contributed by atoms with van der Waals surface area (Å²) < 4.78 is 33.5. The number of ether oxygens (including phenoxy) is 2. The van der Waals surface area contributed by atoms with E-state index < -0.39 is 12.6 Å². The number of hydrogen-bond acceptors (Lipinski definition) is 4. The van der Waals surface area contributed by atoms with Gasteiger partial charge in [-0.3, -0.25) is 4.79 Å². The number of benzene rings is 1. The van der Waals surface area contributed by atoms with Crippen LogP contribution in [0, 0.1) is 6.92 Å². The van der Waals surface area contributed by atoms with Crippen molar-refractivity contribution in [2.45, 2.75) is 33.4 Å². The maximum atomic E-state index is 12.8. The number of aromatic nitrogens is 1.